The van der Waals surface area contributed by atoms with Crippen LogP contribution in [0.2, 0.25) is 0 Å². The first-order valence-electron chi connectivity index (χ1n) is 8.73. The molecule has 146 valence electrons. The highest BCUT2D eigenvalue weighted by molar-refractivity contribution is 5.89. The Morgan fingerprint density at radius 1 is 1.18 bits per heavy atom. The van der Waals surface area contributed by atoms with E-state index in [1.807, 2.05) is 31.2 Å². The van der Waals surface area contributed by atoms with Crippen LogP contribution in [0.4, 0.5) is 0 Å². The summed E-state index contributed by atoms with van der Waals surface area (Å²) in [6.45, 7) is 1.66. The van der Waals surface area contributed by atoms with Crippen molar-refractivity contribution in [2.45, 2.75) is 13.0 Å². The van der Waals surface area contributed by atoms with Crippen LogP contribution in [0.3, 0.4) is 0 Å². The fourth-order valence-corrected chi connectivity index (χ4v) is 2.64. The van der Waals surface area contributed by atoms with Gasteiger partial charge in [-0.1, -0.05) is 18.2 Å². The topological polar surface area (TPSA) is 83.1 Å². The second-order valence-electron chi connectivity index (χ2n) is 6.12. The van der Waals surface area contributed by atoms with Gasteiger partial charge in [0.15, 0.2) is 18.1 Å². The molecule has 0 unspecified atom stereocenters. The third kappa shape index (κ3) is 5.03. The average molecular weight is 383 g/mol. The van der Waals surface area contributed by atoms with Crippen molar-refractivity contribution in [2.75, 3.05) is 20.5 Å². The van der Waals surface area contributed by atoms with E-state index in [-0.39, 0.29) is 19.4 Å². The molecule has 0 aliphatic carbocycles. The second-order valence-corrected chi connectivity index (χ2v) is 6.12. The van der Waals surface area contributed by atoms with Crippen LogP contribution >= 0.6 is 0 Å². The van der Waals surface area contributed by atoms with E-state index in [0.29, 0.717) is 17.2 Å². The van der Waals surface area contributed by atoms with Crippen LogP contribution in [0.15, 0.2) is 48.5 Å². The van der Waals surface area contributed by atoms with Crippen molar-refractivity contribution in [3.63, 3.8) is 0 Å². The van der Waals surface area contributed by atoms with Gasteiger partial charge in [0, 0.05) is 6.08 Å². The molecule has 7 nitrogen and oxygen atoms in total. The van der Waals surface area contributed by atoms with Crippen molar-refractivity contribution < 1.29 is 28.5 Å². The van der Waals surface area contributed by atoms with Gasteiger partial charge in [0.2, 0.25) is 6.79 Å². The number of methoxy groups -OCH3 is 1. The van der Waals surface area contributed by atoms with E-state index in [2.05, 4.69) is 5.32 Å². The molecule has 1 N–H and O–H groups in total. The number of amides is 1. The fraction of sp³-hybridized carbons (Fsp3) is 0.238. The summed E-state index contributed by atoms with van der Waals surface area (Å²) >= 11 is 0. The standard InChI is InChI=1S/C21H21NO6/c1-14(16-7-8-18-19(11-16)28-13-27-18)22-20(23)12-26-21(24)9-6-15-4-3-5-17(10-15)25-2/h3-11,14H,12-13H2,1-2H3,(H,22,23)/b9-6+/t14-/m0/s1. The zero-order valence-corrected chi connectivity index (χ0v) is 15.6. The minimum absolute atomic E-state index is 0.193. The number of nitrogens with one attached hydrogen (secondary N) is 1. The molecule has 0 radical (unpaired) electrons. The SMILES string of the molecule is COc1cccc(/C=C/C(=O)OCC(=O)N[C@@H](C)c2ccc3c(c2)OCO3)c1. The van der Waals surface area contributed by atoms with Gasteiger partial charge in [-0.2, -0.15) is 0 Å². The second kappa shape index (κ2) is 8.94. The molecule has 28 heavy (non-hydrogen) atoms. The monoisotopic (exact) mass is 383 g/mol. The lowest BCUT2D eigenvalue weighted by Gasteiger charge is -2.14. The molecule has 1 atom stereocenters. The predicted octanol–water partition coefficient (Wildman–Crippen LogP) is 2.86. The van der Waals surface area contributed by atoms with Gasteiger partial charge >= 0.3 is 5.97 Å². The molecule has 2 aromatic rings. The van der Waals surface area contributed by atoms with E-state index in [4.69, 9.17) is 18.9 Å². The highest BCUT2D eigenvalue weighted by Gasteiger charge is 2.17. The molecule has 7 heteroatoms. The van der Waals surface area contributed by atoms with Gasteiger partial charge in [-0.3, -0.25) is 4.79 Å². The third-order valence-electron chi connectivity index (χ3n) is 4.13. The minimum atomic E-state index is -0.603. The molecule has 1 heterocycles. The normalized spacial score (nSPS) is 13.2. The maximum Gasteiger partial charge on any atom is 0.331 e. The highest BCUT2D eigenvalue weighted by Crippen LogP contribution is 2.34. The van der Waals surface area contributed by atoms with Crippen molar-refractivity contribution in [3.8, 4) is 17.2 Å². The molecule has 3 rings (SSSR count). The van der Waals surface area contributed by atoms with E-state index < -0.39 is 11.9 Å². The summed E-state index contributed by atoms with van der Waals surface area (Å²) < 4.78 is 20.7. The summed E-state index contributed by atoms with van der Waals surface area (Å²) in [5, 5.41) is 2.78. The van der Waals surface area contributed by atoms with E-state index in [1.165, 1.54) is 6.08 Å². The molecule has 0 spiro atoms. The maximum absolute atomic E-state index is 12.0. The van der Waals surface area contributed by atoms with Gasteiger partial charge in [-0.05, 0) is 48.4 Å². The Labute approximate surface area is 162 Å². The van der Waals surface area contributed by atoms with E-state index >= 15 is 0 Å². The summed E-state index contributed by atoms with van der Waals surface area (Å²) in [5.41, 5.74) is 1.65. The summed E-state index contributed by atoms with van der Waals surface area (Å²) in [5.74, 6) is 1.01. The molecule has 1 amide bonds. The van der Waals surface area contributed by atoms with Crippen LogP contribution in [-0.2, 0) is 14.3 Å². The van der Waals surface area contributed by atoms with Gasteiger partial charge < -0.3 is 24.3 Å². The van der Waals surface area contributed by atoms with Crippen molar-refractivity contribution in [3.05, 3.63) is 59.7 Å². The number of hydrogen-bond donors (Lipinski definition) is 1. The highest BCUT2D eigenvalue weighted by atomic mass is 16.7. The van der Waals surface area contributed by atoms with Gasteiger partial charge in [-0.25, -0.2) is 4.79 Å². The van der Waals surface area contributed by atoms with Crippen molar-refractivity contribution in [1.82, 2.24) is 5.32 Å². The van der Waals surface area contributed by atoms with Crippen molar-refractivity contribution in [1.29, 1.82) is 0 Å². The van der Waals surface area contributed by atoms with Gasteiger partial charge in [0.1, 0.15) is 5.75 Å². The molecule has 1 aliphatic rings. The number of hydrogen-bond acceptors (Lipinski definition) is 6. The minimum Gasteiger partial charge on any atom is -0.497 e. The lowest BCUT2D eigenvalue weighted by atomic mass is 10.1. The summed E-state index contributed by atoms with van der Waals surface area (Å²) in [6, 6.07) is 12.4. The van der Waals surface area contributed by atoms with E-state index in [9.17, 15) is 9.59 Å². The fourth-order valence-electron chi connectivity index (χ4n) is 2.64. The van der Waals surface area contributed by atoms with Crippen LogP contribution in [0.25, 0.3) is 6.08 Å². The zero-order chi connectivity index (χ0) is 19.9. The third-order valence-corrected chi connectivity index (χ3v) is 4.13. The molecular weight excluding hydrogens is 362 g/mol. The van der Waals surface area contributed by atoms with Crippen LogP contribution < -0.4 is 19.5 Å². The summed E-state index contributed by atoms with van der Waals surface area (Å²) in [7, 11) is 1.57. The van der Waals surface area contributed by atoms with Crippen LogP contribution in [-0.4, -0.2) is 32.4 Å². The van der Waals surface area contributed by atoms with Crippen molar-refractivity contribution in [2.24, 2.45) is 0 Å². The van der Waals surface area contributed by atoms with E-state index in [1.54, 1.807) is 31.4 Å². The number of carbonyl (C=O) groups excluding carboxylic acids is 2. The lowest BCUT2D eigenvalue weighted by Crippen LogP contribution is -2.30. The Hall–Kier alpha value is -3.48. The van der Waals surface area contributed by atoms with Crippen molar-refractivity contribution >= 4 is 18.0 Å². The molecule has 0 saturated heterocycles. The summed E-state index contributed by atoms with van der Waals surface area (Å²) in [6.07, 6.45) is 2.86. The first kappa shape index (κ1) is 19.3. The van der Waals surface area contributed by atoms with Gasteiger partial charge in [0.05, 0.1) is 13.2 Å². The Bertz CT molecular complexity index is 892. The Morgan fingerprint density at radius 2 is 2.00 bits per heavy atom. The smallest absolute Gasteiger partial charge is 0.331 e. The first-order chi connectivity index (χ1) is 13.5. The zero-order valence-electron chi connectivity index (χ0n) is 15.6. The lowest BCUT2D eigenvalue weighted by molar-refractivity contribution is -0.144. The molecular formula is C21H21NO6. The Balaban J connectivity index is 1.46. The van der Waals surface area contributed by atoms with Crippen LogP contribution in [0.1, 0.15) is 24.1 Å². The molecule has 2 aromatic carbocycles. The number of esters is 1. The number of carbonyl (C=O) groups is 2. The van der Waals surface area contributed by atoms with Crippen LogP contribution in [0.5, 0.6) is 17.2 Å². The van der Waals surface area contributed by atoms with Gasteiger partial charge in [0.25, 0.3) is 5.91 Å². The Morgan fingerprint density at radius 3 is 2.82 bits per heavy atom. The number of benzene rings is 2. The van der Waals surface area contributed by atoms with Crippen LogP contribution in [0, 0.1) is 0 Å². The largest absolute Gasteiger partial charge is 0.497 e. The predicted molar refractivity (Wildman–Crippen MR) is 102 cm³/mol. The average Bonchev–Trinajstić information content (AvgIpc) is 3.18. The molecule has 1 aliphatic heterocycles. The molecule has 0 bridgehead atoms. The molecule has 0 aromatic heterocycles. The van der Waals surface area contributed by atoms with Gasteiger partial charge in [-0.15, -0.1) is 0 Å². The quantitative estimate of drug-likeness (QED) is 0.585. The number of rotatable bonds is 7. The first-order valence-corrected chi connectivity index (χ1v) is 8.73. The van der Waals surface area contributed by atoms with E-state index in [0.717, 1.165) is 11.1 Å². The molecule has 0 saturated carbocycles. The Kier molecular flexibility index (Phi) is 6.16. The molecule has 0 fully saturated rings. The number of ether oxygens (including phenoxy) is 4. The maximum atomic E-state index is 12.0. The summed E-state index contributed by atoms with van der Waals surface area (Å²) in [4.78, 5) is 23.8. The number of fused-ring (bicyclic) bond motifs is 1.